The van der Waals surface area contributed by atoms with E-state index in [1.54, 1.807) is 0 Å². The van der Waals surface area contributed by atoms with Gasteiger partial charge in [-0.15, -0.1) is 0 Å². The first-order chi connectivity index (χ1) is 11.8. The van der Waals surface area contributed by atoms with Crippen molar-refractivity contribution in [1.82, 2.24) is 0 Å². The molecular weight excluding hydrogens is 308 g/mol. The topological polar surface area (TPSA) is 26.3 Å². The van der Waals surface area contributed by atoms with E-state index in [1.807, 2.05) is 27.7 Å². The Morgan fingerprint density at radius 3 is 2.40 bits per heavy atom. The average molecular weight is 334 g/mol. The summed E-state index contributed by atoms with van der Waals surface area (Å²) in [4.78, 5) is 12.2. The lowest BCUT2D eigenvalue weighted by atomic mass is 9.92. The van der Waals surface area contributed by atoms with Gasteiger partial charge in [0.1, 0.15) is 5.60 Å². The zero-order chi connectivity index (χ0) is 18.2. The highest BCUT2D eigenvalue weighted by atomic mass is 16.6. The van der Waals surface area contributed by atoms with E-state index in [4.69, 9.17) is 4.74 Å². The summed E-state index contributed by atoms with van der Waals surface area (Å²) in [5, 5.41) is 4.91. The maximum atomic E-state index is 12.2. The molecular formula is C23H26O2. The van der Waals surface area contributed by atoms with Crippen LogP contribution in [0, 0.1) is 12.8 Å². The molecule has 3 aromatic carbocycles. The number of carbonyl (C=O) groups excluding carboxylic acids is 1. The normalized spacial score (nSPS) is 13.2. The van der Waals surface area contributed by atoms with Crippen LogP contribution in [0.3, 0.4) is 0 Å². The number of rotatable bonds is 4. The Balaban J connectivity index is 2.03. The molecule has 0 spiro atoms. The van der Waals surface area contributed by atoms with Crippen molar-refractivity contribution < 1.29 is 9.53 Å². The third kappa shape index (κ3) is 3.39. The molecule has 2 heteroatoms. The number of hydrogen-bond acceptors (Lipinski definition) is 2. The maximum absolute atomic E-state index is 12.2. The standard InChI is InChI=1S/C23H26O2/c1-6-16(3)22(24)25-23(4,5)19-11-12-20-18(14-19)10-9-17-8-7-15(2)13-21(17)20/h7-14,16H,6H2,1-5H3. The van der Waals surface area contributed by atoms with Crippen LogP contribution in [0.5, 0.6) is 0 Å². The highest BCUT2D eigenvalue weighted by molar-refractivity contribution is 6.07. The molecule has 1 unspecified atom stereocenters. The molecule has 0 aliphatic carbocycles. The van der Waals surface area contributed by atoms with Crippen LogP contribution < -0.4 is 0 Å². The number of esters is 1. The summed E-state index contributed by atoms with van der Waals surface area (Å²) in [6, 6.07) is 17.2. The van der Waals surface area contributed by atoms with Crippen LogP contribution in [0.25, 0.3) is 21.5 Å². The predicted molar refractivity (Wildman–Crippen MR) is 105 cm³/mol. The molecule has 0 aliphatic rings. The van der Waals surface area contributed by atoms with Crippen molar-refractivity contribution in [1.29, 1.82) is 0 Å². The third-order valence-corrected chi connectivity index (χ3v) is 5.06. The van der Waals surface area contributed by atoms with Gasteiger partial charge in [-0.1, -0.05) is 61.9 Å². The van der Waals surface area contributed by atoms with Gasteiger partial charge in [-0.05, 0) is 60.4 Å². The van der Waals surface area contributed by atoms with Gasteiger partial charge in [-0.2, -0.15) is 0 Å². The second-order valence-corrected chi connectivity index (χ2v) is 7.47. The van der Waals surface area contributed by atoms with Gasteiger partial charge in [0.2, 0.25) is 0 Å². The molecule has 1 atom stereocenters. The van der Waals surface area contributed by atoms with E-state index in [0.717, 1.165) is 12.0 Å². The van der Waals surface area contributed by atoms with E-state index in [-0.39, 0.29) is 11.9 Å². The highest BCUT2D eigenvalue weighted by Crippen LogP contribution is 2.32. The van der Waals surface area contributed by atoms with E-state index < -0.39 is 5.60 Å². The van der Waals surface area contributed by atoms with Crippen molar-refractivity contribution in [2.24, 2.45) is 5.92 Å². The largest absolute Gasteiger partial charge is 0.455 e. The summed E-state index contributed by atoms with van der Waals surface area (Å²) in [5.41, 5.74) is 1.63. The number of carbonyl (C=O) groups is 1. The van der Waals surface area contributed by atoms with Crippen molar-refractivity contribution >= 4 is 27.5 Å². The van der Waals surface area contributed by atoms with Crippen LogP contribution in [0.1, 0.15) is 45.2 Å². The van der Waals surface area contributed by atoms with Crippen LogP contribution >= 0.6 is 0 Å². The summed E-state index contributed by atoms with van der Waals surface area (Å²) in [6.45, 7) is 9.94. The summed E-state index contributed by atoms with van der Waals surface area (Å²) in [6.07, 6.45) is 0.790. The molecule has 130 valence electrons. The molecule has 0 saturated carbocycles. The summed E-state index contributed by atoms with van der Waals surface area (Å²) in [7, 11) is 0. The Hall–Kier alpha value is -2.35. The van der Waals surface area contributed by atoms with Crippen LogP contribution in [0.2, 0.25) is 0 Å². The Bertz CT molecular complexity index is 937. The number of benzene rings is 3. The van der Waals surface area contributed by atoms with Crippen molar-refractivity contribution in [2.75, 3.05) is 0 Å². The van der Waals surface area contributed by atoms with Crippen LogP contribution in [0.15, 0.2) is 48.5 Å². The minimum absolute atomic E-state index is 0.0772. The number of fused-ring (bicyclic) bond motifs is 3. The average Bonchev–Trinajstić information content (AvgIpc) is 2.59. The lowest BCUT2D eigenvalue weighted by Gasteiger charge is -2.27. The number of hydrogen-bond donors (Lipinski definition) is 0. The summed E-state index contributed by atoms with van der Waals surface area (Å²) in [5.74, 6) is -0.214. The maximum Gasteiger partial charge on any atom is 0.309 e. The van der Waals surface area contributed by atoms with E-state index in [9.17, 15) is 4.79 Å². The van der Waals surface area contributed by atoms with Crippen molar-refractivity contribution in [3.63, 3.8) is 0 Å². The molecule has 2 nitrogen and oxygen atoms in total. The van der Waals surface area contributed by atoms with Gasteiger partial charge >= 0.3 is 5.97 Å². The van der Waals surface area contributed by atoms with Gasteiger partial charge in [-0.25, -0.2) is 0 Å². The first-order valence-electron chi connectivity index (χ1n) is 8.98. The SMILES string of the molecule is CCC(C)C(=O)OC(C)(C)c1ccc2c(ccc3ccc(C)cc32)c1. The summed E-state index contributed by atoms with van der Waals surface area (Å²) < 4.78 is 5.79. The summed E-state index contributed by atoms with van der Waals surface area (Å²) >= 11 is 0. The van der Waals surface area contributed by atoms with E-state index in [0.29, 0.717) is 0 Å². The van der Waals surface area contributed by atoms with Gasteiger partial charge in [0.25, 0.3) is 0 Å². The van der Waals surface area contributed by atoms with E-state index in [1.165, 1.54) is 27.1 Å². The zero-order valence-electron chi connectivity index (χ0n) is 15.7. The molecule has 0 N–H and O–H groups in total. The lowest BCUT2D eigenvalue weighted by molar-refractivity contribution is -0.162. The first kappa shape index (κ1) is 17.5. The Morgan fingerprint density at radius 1 is 1.00 bits per heavy atom. The van der Waals surface area contributed by atoms with Crippen LogP contribution in [-0.2, 0) is 15.1 Å². The Labute approximate surface area is 149 Å². The molecule has 0 bridgehead atoms. The molecule has 25 heavy (non-hydrogen) atoms. The quantitative estimate of drug-likeness (QED) is 0.424. The molecule has 3 rings (SSSR count). The minimum Gasteiger partial charge on any atom is -0.455 e. The van der Waals surface area contributed by atoms with Crippen molar-refractivity contribution in [3.8, 4) is 0 Å². The first-order valence-corrected chi connectivity index (χ1v) is 8.98. The van der Waals surface area contributed by atoms with Crippen LogP contribution in [0.4, 0.5) is 0 Å². The molecule has 0 aliphatic heterocycles. The molecule has 3 aromatic rings. The Kier molecular flexibility index (Phi) is 4.55. The lowest BCUT2D eigenvalue weighted by Crippen LogP contribution is -2.28. The fourth-order valence-electron chi connectivity index (χ4n) is 3.13. The number of ether oxygens (including phenoxy) is 1. The van der Waals surface area contributed by atoms with Gasteiger partial charge in [-0.3, -0.25) is 4.79 Å². The third-order valence-electron chi connectivity index (χ3n) is 5.06. The minimum atomic E-state index is -0.643. The zero-order valence-corrected chi connectivity index (χ0v) is 15.7. The molecule has 0 heterocycles. The van der Waals surface area contributed by atoms with E-state index >= 15 is 0 Å². The van der Waals surface area contributed by atoms with Gasteiger partial charge in [0.15, 0.2) is 0 Å². The fraction of sp³-hybridized carbons (Fsp3) is 0.348. The van der Waals surface area contributed by atoms with Crippen LogP contribution in [-0.4, -0.2) is 5.97 Å². The monoisotopic (exact) mass is 334 g/mol. The second-order valence-electron chi connectivity index (χ2n) is 7.47. The highest BCUT2D eigenvalue weighted by Gasteiger charge is 2.27. The molecule has 0 amide bonds. The van der Waals surface area contributed by atoms with Gasteiger partial charge in [0.05, 0.1) is 5.92 Å². The van der Waals surface area contributed by atoms with Crippen molar-refractivity contribution in [3.05, 3.63) is 59.7 Å². The molecule has 0 aromatic heterocycles. The molecule has 0 fully saturated rings. The molecule has 0 saturated heterocycles. The van der Waals surface area contributed by atoms with Crippen molar-refractivity contribution in [2.45, 2.75) is 46.6 Å². The predicted octanol–water partition coefficient (Wildman–Crippen LogP) is 6.13. The molecule has 0 radical (unpaired) electrons. The number of aryl methyl sites for hydroxylation is 1. The van der Waals surface area contributed by atoms with Gasteiger partial charge in [0, 0.05) is 0 Å². The Morgan fingerprint density at radius 2 is 1.68 bits per heavy atom. The van der Waals surface area contributed by atoms with Gasteiger partial charge < -0.3 is 4.74 Å². The fourth-order valence-corrected chi connectivity index (χ4v) is 3.13. The van der Waals surface area contributed by atoms with E-state index in [2.05, 4.69) is 55.5 Å². The smallest absolute Gasteiger partial charge is 0.309 e. The second kappa shape index (κ2) is 6.51.